The summed E-state index contributed by atoms with van der Waals surface area (Å²) in [6, 6.07) is 18.7. The van der Waals surface area contributed by atoms with E-state index in [2.05, 4.69) is 0 Å². The fourth-order valence-electron chi connectivity index (χ4n) is 3.94. The van der Waals surface area contributed by atoms with Gasteiger partial charge in [0.2, 0.25) is 0 Å². The van der Waals surface area contributed by atoms with E-state index in [0.717, 1.165) is 27.7 Å². The van der Waals surface area contributed by atoms with Crippen molar-refractivity contribution in [3.8, 4) is 11.3 Å². The number of alkyl halides is 3. The molecule has 4 aromatic rings. The summed E-state index contributed by atoms with van der Waals surface area (Å²) in [5.74, 6) is -0.598. The monoisotopic (exact) mass is 383 g/mol. The number of hydrogen-bond acceptors (Lipinski definition) is 1. The van der Waals surface area contributed by atoms with E-state index in [-0.39, 0.29) is 0 Å². The minimum Gasteiger partial charge on any atom is -0.469 e. The highest BCUT2D eigenvalue weighted by atomic mass is 19.4. The summed E-state index contributed by atoms with van der Waals surface area (Å²) >= 11 is 0. The molecule has 1 atom stereocenters. The molecule has 2 aromatic heterocycles. The Morgan fingerprint density at radius 1 is 1.00 bits per heavy atom. The van der Waals surface area contributed by atoms with Crippen molar-refractivity contribution >= 4 is 10.9 Å². The van der Waals surface area contributed by atoms with Crippen molar-refractivity contribution in [2.75, 3.05) is 0 Å². The first-order valence-electron chi connectivity index (χ1n) is 9.09. The van der Waals surface area contributed by atoms with Gasteiger partial charge in [0.25, 0.3) is 0 Å². The van der Waals surface area contributed by atoms with Gasteiger partial charge in [0.05, 0.1) is 24.3 Å². The fourth-order valence-corrected chi connectivity index (χ4v) is 3.94. The largest absolute Gasteiger partial charge is 0.469 e. The van der Waals surface area contributed by atoms with E-state index in [1.54, 1.807) is 12.1 Å². The highest BCUT2D eigenvalue weighted by molar-refractivity contribution is 5.93. The summed E-state index contributed by atoms with van der Waals surface area (Å²) in [6.07, 6.45) is -3.87. The molecule has 0 N–H and O–H groups in total. The molecule has 0 saturated carbocycles. The number of rotatable bonds is 4. The average molecular weight is 383 g/mol. The van der Waals surface area contributed by atoms with E-state index in [0.29, 0.717) is 11.3 Å². The SMILES string of the molecule is Cc1ccc2c(C(CC(F)(F)F)c3ccco3)c(-c3ccccc3)n(C)c2c1. The van der Waals surface area contributed by atoms with Crippen LogP contribution < -0.4 is 0 Å². The van der Waals surface area contributed by atoms with Gasteiger partial charge in [-0.25, -0.2) is 0 Å². The van der Waals surface area contributed by atoms with Crippen LogP contribution in [0.5, 0.6) is 0 Å². The highest BCUT2D eigenvalue weighted by Gasteiger charge is 2.37. The molecule has 0 spiro atoms. The minimum absolute atomic E-state index is 0.322. The number of nitrogens with zero attached hydrogens (tertiary/aromatic N) is 1. The molecule has 4 rings (SSSR count). The first-order valence-corrected chi connectivity index (χ1v) is 9.09. The van der Waals surface area contributed by atoms with E-state index in [9.17, 15) is 13.2 Å². The summed E-state index contributed by atoms with van der Waals surface area (Å²) in [5.41, 5.74) is 4.28. The van der Waals surface area contributed by atoms with Crippen LogP contribution in [-0.4, -0.2) is 10.7 Å². The van der Waals surface area contributed by atoms with Crippen LogP contribution in [0.15, 0.2) is 71.3 Å². The standard InChI is InChI=1S/C23H20F3NO/c1-15-10-11-17-19(13-15)27(2)22(16-7-4-3-5-8-16)21(17)18(14-23(24,25)26)20-9-6-12-28-20/h3-13,18H,14H2,1-2H3. The highest BCUT2D eigenvalue weighted by Crippen LogP contribution is 2.45. The fraction of sp³-hybridized carbons (Fsp3) is 0.217. The molecule has 144 valence electrons. The maximum Gasteiger partial charge on any atom is 0.390 e. The third kappa shape index (κ3) is 3.33. The van der Waals surface area contributed by atoms with Crippen LogP contribution in [0.3, 0.4) is 0 Å². The second kappa shape index (κ2) is 6.89. The number of halogens is 3. The summed E-state index contributed by atoms with van der Waals surface area (Å²) in [6.45, 7) is 1.98. The molecule has 2 heterocycles. The second-order valence-electron chi connectivity index (χ2n) is 7.10. The number of aryl methyl sites for hydroxylation is 2. The van der Waals surface area contributed by atoms with Crippen molar-refractivity contribution in [3.63, 3.8) is 0 Å². The molecular weight excluding hydrogens is 363 g/mol. The van der Waals surface area contributed by atoms with Gasteiger partial charge in [0, 0.05) is 18.0 Å². The third-order valence-corrected chi connectivity index (χ3v) is 5.11. The van der Waals surface area contributed by atoms with Crippen LogP contribution in [0.1, 0.15) is 29.2 Å². The zero-order valence-corrected chi connectivity index (χ0v) is 15.6. The van der Waals surface area contributed by atoms with Gasteiger partial charge in [-0.2, -0.15) is 13.2 Å². The molecule has 0 fully saturated rings. The number of aromatic nitrogens is 1. The Kier molecular flexibility index (Phi) is 4.53. The molecule has 0 radical (unpaired) electrons. The number of furan rings is 1. The van der Waals surface area contributed by atoms with Gasteiger partial charge >= 0.3 is 6.18 Å². The lowest BCUT2D eigenvalue weighted by Gasteiger charge is -2.19. The zero-order valence-electron chi connectivity index (χ0n) is 15.6. The summed E-state index contributed by atoms with van der Waals surface area (Å²) in [5, 5.41) is 0.817. The van der Waals surface area contributed by atoms with Gasteiger partial charge in [-0.05, 0) is 41.8 Å². The second-order valence-corrected chi connectivity index (χ2v) is 7.10. The Hall–Kier alpha value is -2.95. The van der Waals surface area contributed by atoms with Gasteiger partial charge in [-0.1, -0.05) is 42.5 Å². The molecule has 2 nitrogen and oxygen atoms in total. The molecule has 0 aliphatic carbocycles. The van der Waals surface area contributed by atoms with Crippen molar-refractivity contribution in [2.45, 2.75) is 25.4 Å². The summed E-state index contributed by atoms with van der Waals surface area (Å²) < 4.78 is 48.1. The predicted molar refractivity (Wildman–Crippen MR) is 104 cm³/mol. The Labute approximate surface area is 161 Å². The van der Waals surface area contributed by atoms with Crippen molar-refractivity contribution in [3.05, 3.63) is 83.8 Å². The maximum absolute atomic E-state index is 13.5. The molecule has 0 aliphatic heterocycles. The summed E-state index contributed by atoms with van der Waals surface area (Å²) in [7, 11) is 1.90. The minimum atomic E-state index is -4.32. The Balaban J connectivity index is 2.06. The van der Waals surface area contributed by atoms with Crippen molar-refractivity contribution in [2.24, 2.45) is 7.05 Å². The lowest BCUT2D eigenvalue weighted by molar-refractivity contribution is -0.137. The van der Waals surface area contributed by atoms with Crippen LogP contribution in [0.25, 0.3) is 22.2 Å². The normalized spacial score (nSPS) is 13.2. The van der Waals surface area contributed by atoms with Gasteiger partial charge in [0.15, 0.2) is 0 Å². The van der Waals surface area contributed by atoms with Crippen LogP contribution in [0.2, 0.25) is 0 Å². The van der Waals surface area contributed by atoms with Gasteiger partial charge < -0.3 is 8.98 Å². The number of benzene rings is 2. The maximum atomic E-state index is 13.5. The Bertz CT molecular complexity index is 1090. The molecule has 0 aliphatic rings. The van der Waals surface area contributed by atoms with Crippen LogP contribution >= 0.6 is 0 Å². The van der Waals surface area contributed by atoms with Crippen LogP contribution in [0, 0.1) is 6.92 Å². The average Bonchev–Trinajstić information content (AvgIpc) is 3.27. The van der Waals surface area contributed by atoms with E-state index in [4.69, 9.17) is 4.42 Å². The van der Waals surface area contributed by atoms with E-state index < -0.39 is 18.5 Å². The van der Waals surface area contributed by atoms with Crippen molar-refractivity contribution in [1.29, 1.82) is 0 Å². The number of fused-ring (bicyclic) bond motifs is 1. The molecule has 5 heteroatoms. The Morgan fingerprint density at radius 2 is 1.75 bits per heavy atom. The molecule has 2 aromatic carbocycles. The van der Waals surface area contributed by atoms with Gasteiger partial charge in [0.1, 0.15) is 5.76 Å². The quantitative estimate of drug-likeness (QED) is 0.378. The summed E-state index contributed by atoms with van der Waals surface area (Å²) in [4.78, 5) is 0. The van der Waals surface area contributed by atoms with Crippen LogP contribution in [-0.2, 0) is 7.05 Å². The van der Waals surface area contributed by atoms with E-state index >= 15 is 0 Å². The molecule has 0 saturated heterocycles. The lowest BCUT2D eigenvalue weighted by Crippen LogP contribution is -2.15. The smallest absolute Gasteiger partial charge is 0.390 e. The lowest BCUT2D eigenvalue weighted by atomic mass is 9.88. The molecular formula is C23H20F3NO. The molecule has 0 bridgehead atoms. The van der Waals surface area contributed by atoms with Gasteiger partial charge in [-0.3, -0.25) is 0 Å². The van der Waals surface area contributed by atoms with Crippen LogP contribution in [0.4, 0.5) is 13.2 Å². The zero-order chi connectivity index (χ0) is 19.9. The van der Waals surface area contributed by atoms with Gasteiger partial charge in [-0.15, -0.1) is 0 Å². The third-order valence-electron chi connectivity index (χ3n) is 5.11. The van der Waals surface area contributed by atoms with Crippen molar-refractivity contribution < 1.29 is 17.6 Å². The number of hydrogen-bond donors (Lipinski definition) is 0. The molecule has 1 unspecified atom stereocenters. The molecule has 0 amide bonds. The first kappa shape index (κ1) is 18.4. The molecule has 28 heavy (non-hydrogen) atoms. The Morgan fingerprint density at radius 3 is 2.39 bits per heavy atom. The topological polar surface area (TPSA) is 18.1 Å². The van der Waals surface area contributed by atoms with Crippen molar-refractivity contribution in [1.82, 2.24) is 4.57 Å². The first-order chi connectivity index (χ1) is 13.3. The van der Waals surface area contributed by atoms with E-state index in [1.807, 2.05) is 67.1 Å². The van der Waals surface area contributed by atoms with E-state index in [1.165, 1.54) is 6.26 Å². The predicted octanol–water partition coefficient (Wildman–Crippen LogP) is 6.83.